The first-order valence-corrected chi connectivity index (χ1v) is 5.74. The van der Waals surface area contributed by atoms with Crippen LogP contribution in [0.2, 0.25) is 5.15 Å². The molecule has 1 aliphatic heterocycles. The predicted molar refractivity (Wildman–Crippen MR) is 75.1 cm³/mol. The van der Waals surface area contributed by atoms with Crippen molar-refractivity contribution in [3.8, 4) is 5.75 Å². The van der Waals surface area contributed by atoms with Gasteiger partial charge in [-0.2, -0.15) is 0 Å². The molecular formula is C11H16Cl3FN2O. The maximum atomic E-state index is 12.5. The van der Waals surface area contributed by atoms with Crippen molar-refractivity contribution in [1.29, 1.82) is 0 Å². The second-order valence-corrected chi connectivity index (χ2v) is 4.22. The van der Waals surface area contributed by atoms with Crippen LogP contribution in [-0.4, -0.2) is 24.2 Å². The average molecular weight is 318 g/mol. The first kappa shape index (κ1) is 17.7. The van der Waals surface area contributed by atoms with Crippen LogP contribution in [-0.2, 0) is 6.67 Å². The minimum atomic E-state index is -0.620. The maximum Gasteiger partial charge on any atom is 0.138 e. The Bertz CT molecular complexity index is 362. The van der Waals surface area contributed by atoms with Crippen LogP contribution < -0.4 is 10.1 Å². The fraction of sp³-hybridized carbons (Fsp3) is 0.545. The molecule has 104 valence electrons. The summed E-state index contributed by atoms with van der Waals surface area (Å²) in [6, 6.07) is 1.99. The van der Waals surface area contributed by atoms with E-state index in [-0.39, 0.29) is 30.0 Å². The van der Waals surface area contributed by atoms with E-state index in [9.17, 15) is 4.39 Å². The second-order valence-electron chi connectivity index (χ2n) is 3.86. The third-order valence-electron chi connectivity index (χ3n) is 2.64. The van der Waals surface area contributed by atoms with Crippen molar-refractivity contribution in [2.75, 3.05) is 13.2 Å². The molecule has 1 aromatic rings. The molecule has 1 atom stereocenters. The van der Waals surface area contributed by atoms with Crippen molar-refractivity contribution in [3.05, 3.63) is 23.0 Å². The van der Waals surface area contributed by atoms with Gasteiger partial charge in [0, 0.05) is 11.6 Å². The van der Waals surface area contributed by atoms with Gasteiger partial charge in [0.15, 0.2) is 0 Å². The highest BCUT2D eigenvalue weighted by Crippen LogP contribution is 2.20. The van der Waals surface area contributed by atoms with E-state index in [1.165, 1.54) is 12.6 Å². The summed E-state index contributed by atoms with van der Waals surface area (Å²) in [4.78, 5) is 3.88. The van der Waals surface area contributed by atoms with Gasteiger partial charge in [-0.05, 0) is 25.5 Å². The van der Waals surface area contributed by atoms with Gasteiger partial charge in [-0.25, -0.2) is 9.37 Å². The van der Waals surface area contributed by atoms with Crippen LogP contribution in [0.15, 0.2) is 12.3 Å². The van der Waals surface area contributed by atoms with Gasteiger partial charge in [0.25, 0.3) is 0 Å². The van der Waals surface area contributed by atoms with Crippen LogP contribution in [0, 0.1) is 0 Å². The molecule has 0 bridgehead atoms. The zero-order valence-corrected chi connectivity index (χ0v) is 12.1. The maximum absolute atomic E-state index is 12.5. The van der Waals surface area contributed by atoms with Crippen molar-refractivity contribution in [3.63, 3.8) is 0 Å². The van der Waals surface area contributed by atoms with E-state index in [0.29, 0.717) is 24.0 Å². The molecule has 2 heterocycles. The SMILES string of the molecule is Cl.Cl.FCc1cc(OC[C@@H]2CCCN2)cnc1Cl. The largest absolute Gasteiger partial charge is 0.490 e. The van der Waals surface area contributed by atoms with Gasteiger partial charge in [-0.3, -0.25) is 0 Å². The number of aromatic nitrogens is 1. The lowest BCUT2D eigenvalue weighted by molar-refractivity contribution is 0.275. The molecule has 18 heavy (non-hydrogen) atoms. The number of alkyl halides is 1. The Hall–Kier alpha value is -0.290. The van der Waals surface area contributed by atoms with E-state index in [4.69, 9.17) is 16.3 Å². The van der Waals surface area contributed by atoms with Crippen LogP contribution in [0.25, 0.3) is 0 Å². The fourth-order valence-corrected chi connectivity index (χ4v) is 1.89. The molecular weight excluding hydrogens is 301 g/mol. The van der Waals surface area contributed by atoms with Gasteiger partial charge >= 0.3 is 0 Å². The van der Waals surface area contributed by atoms with E-state index < -0.39 is 6.67 Å². The Balaban J connectivity index is 0.00000144. The number of hydrogen-bond acceptors (Lipinski definition) is 3. The molecule has 0 amide bonds. The average Bonchev–Trinajstić information content (AvgIpc) is 2.81. The van der Waals surface area contributed by atoms with Crippen LogP contribution in [0.5, 0.6) is 5.75 Å². The van der Waals surface area contributed by atoms with E-state index in [0.717, 1.165) is 13.0 Å². The molecule has 7 heteroatoms. The molecule has 3 nitrogen and oxygen atoms in total. The molecule has 0 aliphatic carbocycles. The molecule has 0 unspecified atom stereocenters. The molecule has 1 aromatic heterocycles. The highest BCUT2D eigenvalue weighted by atomic mass is 35.5. The Morgan fingerprint density at radius 3 is 2.89 bits per heavy atom. The third-order valence-corrected chi connectivity index (χ3v) is 2.98. The highest BCUT2D eigenvalue weighted by molar-refractivity contribution is 6.30. The molecule has 0 radical (unpaired) electrons. The minimum Gasteiger partial charge on any atom is -0.490 e. The van der Waals surface area contributed by atoms with Gasteiger partial charge in [0.05, 0.1) is 6.20 Å². The quantitative estimate of drug-likeness (QED) is 0.866. The zero-order chi connectivity index (χ0) is 11.4. The number of halogens is 4. The van der Waals surface area contributed by atoms with Crippen molar-refractivity contribution in [1.82, 2.24) is 10.3 Å². The lowest BCUT2D eigenvalue weighted by atomic mass is 10.2. The predicted octanol–water partition coefficient (Wildman–Crippen LogP) is 3.18. The van der Waals surface area contributed by atoms with E-state index >= 15 is 0 Å². The lowest BCUT2D eigenvalue weighted by Gasteiger charge is -2.12. The van der Waals surface area contributed by atoms with Gasteiger partial charge in [0.1, 0.15) is 24.2 Å². The summed E-state index contributed by atoms with van der Waals surface area (Å²) in [6.45, 7) is 1.02. The summed E-state index contributed by atoms with van der Waals surface area (Å²) < 4.78 is 18.1. The van der Waals surface area contributed by atoms with Crippen molar-refractivity contribution in [2.45, 2.75) is 25.6 Å². The molecule has 0 spiro atoms. The monoisotopic (exact) mass is 316 g/mol. The fourth-order valence-electron chi connectivity index (χ4n) is 1.74. The van der Waals surface area contributed by atoms with Crippen LogP contribution in [0.1, 0.15) is 18.4 Å². The van der Waals surface area contributed by atoms with Crippen molar-refractivity contribution >= 4 is 36.4 Å². The first-order chi connectivity index (χ1) is 7.79. The Kier molecular flexibility index (Phi) is 8.61. The van der Waals surface area contributed by atoms with Gasteiger partial charge < -0.3 is 10.1 Å². The Morgan fingerprint density at radius 2 is 2.28 bits per heavy atom. The second kappa shape index (κ2) is 8.75. The smallest absolute Gasteiger partial charge is 0.138 e. The Labute approximate surface area is 123 Å². The van der Waals surface area contributed by atoms with Crippen LogP contribution in [0.4, 0.5) is 4.39 Å². The molecule has 1 aliphatic rings. The molecule has 0 saturated carbocycles. The van der Waals surface area contributed by atoms with Crippen LogP contribution in [0.3, 0.4) is 0 Å². The molecule has 2 rings (SSSR count). The summed E-state index contributed by atoms with van der Waals surface area (Å²) in [6.07, 6.45) is 3.83. The first-order valence-electron chi connectivity index (χ1n) is 5.36. The van der Waals surface area contributed by atoms with E-state index in [1.54, 1.807) is 6.07 Å². The summed E-state index contributed by atoms with van der Waals surface area (Å²) in [5.41, 5.74) is 0.374. The number of rotatable bonds is 4. The van der Waals surface area contributed by atoms with Gasteiger partial charge in [-0.15, -0.1) is 24.8 Å². The number of hydrogen-bond donors (Lipinski definition) is 1. The zero-order valence-electron chi connectivity index (χ0n) is 9.70. The van der Waals surface area contributed by atoms with E-state index in [1.807, 2.05) is 0 Å². The van der Waals surface area contributed by atoms with Crippen LogP contribution >= 0.6 is 36.4 Å². The van der Waals surface area contributed by atoms with Gasteiger partial charge in [0.2, 0.25) is 0 Å². The van der Waals surface area contributed by atoms with Gasteiger partial charge in [-0.1, -0.05) is 11.6 Å². The normalized spacial score (nSPS) is 17.8. The number of nitrogens with zero attached hydrogens (tertiary/aromatic N) is 1. The van der Waals surface area contributed by atoms with Crippen molar-refractivity contribution in [2.24, 2.45) is 0 Å². The summed E-state index contributed by atoms with van der Waals surface area (Å²) in [5.74, 6) is 0.575. The standard InChI is InChI=1S/C11H14ClFN2O.2ClH/c12-11-8(5-13)4-10(6-15-11)16-7-9-2-1-3-14-9;;/h4,6,9,14H,1-3,5,7H2;2*1H/t9-;;/m0../s1. The Morgan fingerprint density at radius 1 is 1.50 bits per heavy atom. The number of ether oxygens (including phenoxy) is 1. The number of nitrogens with one attached hydrogen (secondary N) is 1. The molecule has 1 fully saturated rings. The van der Waals surface area contributed by atoms with Crippen molar-refractivity contribution < 1.29 is 9.13 Å². The topological polar surface area (TPSA) is 34.1 Å². The molecule has 0 aromatic carbocycles. The summed E-state index contributed by atoms with van der Waals surface area (Å²) >= 11 is 5.70. The third kappa shape index (κ3) is 4.76. The minimum absolute atomic E-state index is 0. The summed E-state index contributed by atoms with van der Waals surface area (Å²) in [5, 5.41) is 3.52. The number of pyridine rings is 1. The molecule has 1 saturated heterocycles. The summed E-state index contributed by atoms with van der Waals surface area (Å²) in [7, 11) is 0. The molecule has 1 N–H and O–H groups in total. The lowest BCUT2D eigenvalue weighted by Crippen LogP contribution is -2.28. The van der Waals surface area contributed by atoms with E-state index in [2.05, 4.69) is 10.3 Å². The highest BCUT2D eigenvalue weighted by Gasteiger charge is 2.14.